The highest BCUT2D eigenvalue weighted by Crippen LogP contribution is 2.36. The summed E-state index contributed by atoms with van der Waals surface area (Å²) in [6.07, 6.45) is 1.84. The summed E-state index contributed by atoms with van der Waals surface area (Å²) in [6.45, 7) is 9.05. The van der Waals surface area contributed by atoms with E-state index in [0.717, 1.165) is 27.9 Å². The number of thioether (sulfide) groups is 1. The fraction of sp³-hybridized carbons (Fsp3) is 0.241. The summed E-state index contributed by atoms with van der Waals surface area (Å²) in [6, 6.07) is 17.8. The molecule has 4 rings (SSSR count). The summed E-state index contributed by atoms with van der Waals surface area (Å²) < 4.78 is 11.8. The lowest BCUT2D eigenvalue weighted by Crippen LogP contribution is -2.28. The molecular formula is C29H29N3O5S. The lowest BCUT2D eigenvalue weighted by molar-refractivity contribution is -0.384. The van der Waals surface area contributed by atoms with E-state index in [1.807, 2.05) is 64.1 Å². The van der Waals surface area contributed by atoms with Crippen LogP contribution in [0.2, 0.25) is 0 Å². The fourth-order valence-electron chi connectivity index (χ4n) is 3.84. The van der Waals surface area contributed by atoms with E-state index < -0.39 is 4.92 Å². The number of ether oxygens (including phenoxy) is 2. The van der Waals surface area contributed by atoms with Gasteiger partial charge in [-0.25, -0.2) is 4.99 Å². The molecule has 38 heavy (non-hydrogen) atoms. The molecule has 0 saturated carbocycles. The molecule has 1 aliphatic heterocycles. The highest BCUT2D eigenvalue weighted by Gasteiger charge is 2.32. The van der Waals surface area contributed by atoms with E-state index in [4.69, 9.17) is 14.5 Å². The molecule has 0 bridgehead atoms. The van der Waals surface area contributed by atoms with Gasteiger partial charge in [0.05, 0.1) is 22.1 Å². The summed E-state index contributed by atoms with van der Waals surface area (Å²) >= 11 is 1.36. The molecule has 196 valence electrons. The number of non-ortho nitro benzene ring substituents is 1. The number of aryl methyl sites for hydroxylation is 2. The van der Waals surface area contributed by atoms with Crippen molar-refractivity contribution in [2.75, 3.05) is 13.2 Å². The van der Waals surface area contributed by atoms with Crippen LogP contribution in [0.15, 0.2) is 70.6 Å². The van der Waals surface area contributed by atoms with Gasteiger partial charge in [-0.15, -0.1) is 0 Å². The first-order valence-corrected chi connectivity index (χ1v) is 13.1. The molecule has 0 atom stereocenters. The number of nitro benzene ring substituents is 1. The minimum Gasteiger partial charge on any atom is -0.490 e. The van der Waals surface area contributed by atoms with Crippen LogP contribution in [0.5, 0.6) is 11.5 Å². The number of carbonyl (C=O) groups is 1. The van der Waals surface area contributed by atoms with E-state index in [1.165, 1.54) is 23.9 Å². The first-order valence-electron chi connectivity index (χ1n) is 12.3. The number of rotatable bonds is 9. The van der Waals surface area contributed by atoms with Crippen molar-refractivity contribution in [3.05, 3.63) is 97.9 Å². The molecule has 0 radical (unpaired) electrons. The van der Waals surface area contributed by atoms with Crippen molar-refractivity contribution in [1.82, 2.24) is 4.90 Å². The van der Waals surface area contributed by atoms with E-state index in [0.29, 0.717) is 34.7 Å². The van der Waals surface area contributed by atoms with Gasteiger partial charge >= 0.3 is 0 Å². The summed E-state index contributed by atoms with van der Waals surface area (Å²) in [7, 11) is 0. The molecule has 3 aromatic rings. The topological polar surface area (TPSA) is 94.3 Å². The molecule has 1 saturated heterocycles. The summed E-state index contributed by atoms with van der Waals surface area (Å²) in [5, 5.41) is 11.5. The van der Waals surface area contributed by atoms with Crippen LogP contribution in [0.3, 0.4) is 0 Å². The maximum atomic E-state index is 13.2. The molecule has 1 aliphatic rings. The lowest BCUT2D eigenvalue weighted by atomic mass is 10.1. The zero-order valence-electron chi connectivity index (χ0n) is 21.8. The maximum absolute atomic E-state index is 13.2. The number of amidine groups is 1. The average molecular weight is 532 g/mol. The summed E-state index contributed by atoms with van der Waals surface area (Å²) in [4.78, 5) is 30.7. The second-order valence-electron chi connectivity index (χ2n) is 8.70. The molecular weight excluding hydrogens is 502 g/mol. The van der Waals surface area contributed by atoms with E-state index in [-0.39, 0.29) is 18.2 Å². The van der Waals surface area contributed by atoms with Gasteiger partial charge in [0, 0.05) is 18.7 Å². The average Bonchev–Trinajstić information content (AvgIpc) is 3.19. The van der Waals surface area contributed by atoms with Crippen molar-refractivity contribution in [2.24, 2.45) is 4.99 Å². The first kappa shape index (κ1) is 26.9. The number of amides is 1. The van der Waals surface area contributed by atoms with Gasteiger partial charge in [-0.3, -0.25) is 19.8 Å². The number of hydrogen-bond acceptors (Lipinski definition) is 7. The van der Waals surface area contributed by atoms with Crippen molar-refractivity contribution in [3.63, 3.8) is 0 Å². The fourth-order valence-corrected chi connectivity index (χ4v) is 4.90. The molecule has 1 amide bonds. The van der Waals surface area contributed by atoms with Crippen LogP contribution in [0.4, 0.5) is 11.4 Å². The number of hydrogen-bond donors (Lipinski definition) is 0. The lowest BCUT2D eigenvalue weighted by Gasteiger charge is -2.13. The van der Waals surface area contributed by atoms with Gasteiger partial charge in [-0.05, 0) is 98.1 Å². The Labute approximate surface area is 226 Å². The third kappa shape index (κ3) is 6.23. The van der Waals surface area contributed by atoms with Crippen molar-refractivity contribution in [2.45, 2.75) is 34.3 Å². The quantitative estimate of drug-likeness (QED) is 0.171. The Morgan fingerprint density at radius 2 is 1.76 bits per heavy atom. The Hall–Kier alpha value is -4.11. The van der Waals surface area contributed by atoms with Crippen LogP contribution in [0, 0.1) is 24.0 Å². The Balaban J connectivity index is 1.55. The molecule has 1 fully saturated rings. The zero-order chi connectivity index (χ0) is 27.2. The highest BCUT2D eigenvalue weighted by atomic mass is 32.2. The monoisotopic (exact) mass is 531 g/mol. The molecule has 1 heterocycles. The highest BCUT2D eigenvalue weighted by molar-refractivity contribution is 8.18. The third-order valence-corrected chi connectivity index (χ3v) is 6.90. The van der Waals surface area contributed by atoms with Crippen molar-refractivity contribution < 1.29 is 19.2 Å². The number of nitro groups is 1. The first-order chi connectivity index (χ1) is 18.3. The van der Waals surface area contributed by atoms with E-state index >= 15 is 0 Å². The van der Waals surface area contributed by atoms with Crippen molar-refractivity contribution in [1.29, 1.82) is 0 Å². The maximum Gasteiger partial charge on any atom is 0.269 e. The van der Waals surface area contributed by atoms with E-state index in [1.54, 1.807) is 23.1 Å². The number of aliphatic imine (C=N–C) groups is 1. The van der Waals surface area contributed by atoms with Crippen LogP contribution in [0.1, 0.15) is 36.1 Å². The SMILES string of the molecule is CCOc1cc(/C=C2/SC(=Nc3cc(C)ccc3C)N(CC)C2=O)ccc1OCc1ccc([N+](=O)[O-])cc1. The minimum atomic E-state index is -0.434. The zero-order valence-corrected chi connectivity index (χ0v) is 22.6. The number of likely N-dealkylation sites (N-methyl/N-ethyl adjacent to an activating group) is 1. The third-order valence-electron chi connectivity index (χ3n) is 5.89. The summed E-state index contributed by atoms with van der Waals surface area (Å²) in [5.74, 6) is 1.01. The summed E-state index contributed by atoms with van der Waals surface area (Å²) in [5.41, 5.74) is 4.65. The van der Waals surface area contributed by atoms with Crippen LogP contribution in [0.25, 0.3) is 6.08 Å². The van der Waals surface area contributed by atoms with Gasteiger partial charge < -0.3 is 9.47 Å². The predicted octanol–water partition coefficient (Wildman–Crippen LogP) is 6.81. The Morgan fingerprint density at radius 3 is 2.45 bits per heavy atom. The number of nitrogens with zero attached hydrogens (tertiary/aromatic N) is 3. The molecule has 0 N–H and O–H groups in total. The van der Waals surface area contributed by atoms with Gasteiger partial charge in [0.2, 0.25) is 0 Å². The second kappa shape index (κ2) is 12.0. The van der Waals surface area contributed by atoms with Gasteiger partial charge in [-0.2, -0.15) is 0 Å². The van der Waals surface area contributed by atoms with Crippen LogP contribution < -0.4 is 9.47 Å². The Kier molecular flexibility index (Phi) is 8.48. The van der Waals surface area contributed by atoms with Gasteiger partial charge in [0.25, 0.3) is 11.6 Å². The largest absolute Gasteiger partial charge is 0.490 e. The molecule has 3 aromatic carbocycles. The minimum absolute atomic E-state index is 0.0318. The molecule has 8 nitrogen and oxygen atoms in total. The molecule has 0 unspecified atom stereocenters. The van der Waals surface area contributed by atoms with Gasteiger partial charge in [0.15, 0.2) is 16.7 Å². The van der Waals surface area contributed by atoms with E-state index in [9.17, 15) is 14.9 Å². The molecule has 9 heteroatoms. The number of carbonyl (C=O) groups excluding carboxylic acids is 1. The molecule has 0 spiro atoms. The Bertz CT molecular complexity index is 1420. The number of benzene rings is 3. The Morgan fingerprint density at radius 1 is 1.00 bits per heavy atom. The molecule has 0 aliphatic carbocycles. The smallest absolute Gasteiger partial charge is 0.269 e. The van der Waals surface area contributed by atoms with E-state index in [2.05, 4.69) is 0 Å². The van der Waals surface area contributed by atoms with Gasteiger partial charge in [0.1, 0.15) is 6.61 Å². The standard InChI is InChI=1S/C29H29N3O5S/c1-5-31-28(33)27(38-29(31)30-24-15-19(3)7-8-20(24)4)17-22-11-14-25(26(16-22)36-6-2)37-18-21-9-12-23(13-10-21)32(34)35/h7-17H,5-6,18H2,1-4H3/b27-17+,30-29?. The normalized spacial score (nSPS) is 15.4. The molecule has 0 aromatic heterocycles. The van der Waals surface area contributed by atoms with Crippen LogP contribution >= 0.6 is 11.8 Å². The van der Waals surface area contributed by atoms with Gasteiger partial charge in [-0.1, -0.05) is 18.2 Å². The van der Waals surface area contributed by atoms with Crippen molar-refractivity contribution >= 4 is 40.3 Å². The van der Waals surface area contributed by atoms with Crippen LogP contribution in [-0.4, -0.2) is 34.0 Å². The second-order valence-corrected chi connectivity index (χ2v) is 9.70. The van der Waals surface area contributed by atoms with Crippen LogP contribution in [-0.2, 0) is 11.4 Å². The van der Waals surface area contributed by atoms with Crippen molar-refractivity contribution in [3.8, 4) is 11.5 Å². The predicted molar refractivity (Wildman–Crippen MR) is 151 cm³/mol.